The van der Waals surface area contributed by atoms with E-state index in [1.807, 2.05) is 36.1 Å². The summed E-state index contributed by atoms with van der Waals surface area (Å²) in [6.45, 7) is 7.09. The molecule has 0 radical (unpaired) electrons. The minimum Gasteiger partial charge on any atom is -0.383 e. The lowest BCUT2D eigenvalue weighted by molar-refractivity contribution is -0.132. The van der Waals surface area contributed by atoms with Gasteiger partial charge in [0.2, 0.25) is 5.91 Å². The molecule has 1 aromatic carbocycles. The quantitative estimate of drug-likeness (QED) is 0.887. The third-order valence-corrected chi connectivity index (χ3v) is 4.21. The fourth-order valence-electron chi connectivity index (χ4n) is 2.75. The lowest BCUT2D eigenvalue weighted by Crippen LogP contribution is -2.41. The van der Waals surface area contributed by atoms with Crippen molar-refractivity contribution in [3.05, 3.63) is 35.4 Å². The predicted octanol–water partition coefficient (Wildman–Crippen LogP) is 1.18. The van der Waals surface area contributed by atoms with Gasteiger partial charge < -0.3 is 15.4 Å². The van der Waals surface area contributed by atoms with Crippen LogP contribution in [-0.2, 0) is 9.53 Å². The number of aryl methyl sites for hydroxylation is 1. The molecule has 0 aromatic heterocycles. The molecule has 0 bridgehead atoms. The van der Waals surface area contributed by atoms with Crippen LogP contribution in [0.5, 0.6) is 0 Å². The number of hydrogen-bond acceptors (Lipinski definition) is 4. The Morgan fingerprint density at radius 3 is 2.64 bits per heavy atom. The Morgan fingerprint density at radius 2 is 1.95 bits per heavy atom. The van der Waals surface area contributed by atoms with Gasteiger partial charge in [-0.25, -0.2) is 0 Å². The van der Waals surface area contributed by atoms with E-state index in [1.54, 1.807) is 7.11 Å². The first kappa shape index (κ1) is 16.9. The molecule has 1 heterocycles. The SMILES string of the molecule is COCCN1CCCN(C(=O)C(N)c2ccc(C)cc2)CC1. The molecular formula is C17H27N3O2. The van der Waals surface area contributed by atoms with Gasteiger partial charge in [-0.05, 0) is 25.5 Å². The van der Waals surface area contributed by atoms with Gasteiger partial charge in [-0.2, -0.15) is 0 Å². The van der Waals surface area contributed by atoms with Crippen molar-refractivity contribution in [2.75, 3.05) is 46.4 Å². The third-order valence-electron chi connectivity index (χ3n) is 4.21. The van der Waals surface area contributed by atoms with Crippen molar-refractivity contribution in [3.63, 3.8) is 0 Å². The second kappa shape index (κ2) is 8.27. The summed E-state index contributed by atoms with van der Waals surface area (Å²) in [5.41, 5.74) is 8.22. The fourth-order valence-corrected chi connectivity index (χ4v) is 2.75. The van der Waals surface area contributed by atoms with Crippen molar-refractivity contribution in [1.82, 2.24) is 9.80 Å². The first-order valence-corrected chi connectivity index (χ1v) is 7.94. The second-order valence-electron chi connectivity index (χ2n) is 5.90. The Bertz CT molecular complexity index is 475. The maximum atomic E-state index is 12.6. The van der Waals surface area contributed by atoms with Gasteiger partial charge in [0, 0.05) is 33.3 Å². The van der Waals surface area contributed by atoms with Gasteiger partial charge >= 0.3 is 0 Å². The Hall–Kier alpha value is -1.43. The fraction of sp³-hybridized carbons (Fsp3) is 0.588. The Labute approximate surface area is 133 Å². The molecule has 1 amide bonds. The van der Waals surface area contributed by atoms with E-state index in [2.05, 4.69) is 4.90 Å². The molecule has 1 fully saturated rings. The number of nitrogens with zero attached hydrogens (tertiary/aromatic N) is 2. The number of rotatable bonds is 5. The average Bonchev–Trinajstić information content (AvgIpc) is 2.78. The summed E-state index contributed by atoms with van der Waals surface area (Å²) in [6, 6.07) is 7.32. The zero-order chi connectivity index (χ0) is 15.9. The minimum absolute atomic E-state index is 0.0254. The summed E-state index contributed by atoms with van der Waals surface area (Å²) in [5.74, 6) is 0.0254. The van der Waals surface area contributed by atoms with Gasteiger partial charge in [0.05, 0.1) is 6.61 Å². The molecule has 0 spiro atoms. The lowest BCUT2D eigenvalue weighted by Gasteiger charge is -2.25. The molecule has 1 aromatic rings. The molecular weight excluding hydrogens is 278 g/mol. The maximum Gasteiger partial charge on any atom is 0.244 e. The maximum absolute atomic E-state index is 12.6. The number of carbonyl (C=O) groups is 1. The van der Waals surface area contributed by atoms with Crippen LogP contribution < -0.4 is 5.73 Å². The molecule has 1 atom stereocenters. The van der Waals surface area contributed by atoms with Gasteiger partial charge in [0.15, 0.2) is 0 Å². The van der Waals surface area contributed by atoms with Crippen LogP contribution in [0.15, 0.2) is 24.3 Å². The highest BCUT2D eigenvalue weighted by Gasteiger charge is 2.24. The van der Waals surface area contributed by atoms with Gasteiger partial charge in [0.25, 0.3) is 0 Å². The molecule has 1 unspecified atom stereocenters. The van der Waals surface area contributed by atoms with E-state index in [4.69, 9.17) is 10.5 Å². The summed E-state index contributed by atoms with van der Waals surface area (Å²) < 4.78 is 5.12. The first-order valence-electron chi connectivity index (χ1n) is 7.94. The van der Waals surface area contributed by atoms with E-state index >= 15 is 0 Å². The van der Waals surface area contributed by atoms with Crippen LogP contribution in [0.3, 0.4) is 0 Å². The third kappa shape index (κ3) is 4.53. The zero-order valence-corrected chi connectivity index (χ0v) is 13.6. The predicted molar refractivity (Wildman–Crippen MR) is 87.6 cm³/mol. The van der Waals surface area contributed by atoms with Crippen molar-refractivity contribution < 1.29 is 9.53 Å². The molecule has 1 aliphatic rings. The van der Waals surface area contributed by atoms with Crippen LogP contribution in [0.1, 0.15) is 23.6 Å². The van der Waals surface area contributed by atoms with E-state index in [9.17, 15) is 4.79 Å². The summed E-state index contributed by atoms with van der Waals surface area (Å²) in [5, 5.41) is 0. The number of nitrogens with two attached hydrogens (primary N) is 1. The van der Waals surface area contributed by atoms with Crippen LogP contribution in [0.4, 0.5) is 0 Å². The number of methoxy groups -OCH3 is 1. The molecule has 5 heteroatoms. The highest BCUT2D eigenvalue weighted by Crippen LogP contribution is 2.15. The molecule has 1 saturated heterocycles. The van der Waals surface area contributed by atoms with E-state index in [1.165, 1.54) is 5.56 Å². The summed E-state index contributed by atoms with van der Waals surface area (Å²) in [7, 11) is 1.72. The summed E-state index contributed by atoms with van der Waals surface area (Å²) >= 11 is 0. The monoisotopic (exact) mass is 305 g/mol. The molecule has 22 heavy (non-hydrogen) atoms. The summed E-state index contributed by atoms with van der Waals surface area (Å²) in [4.78, 5) is 16.9. The van der Waals surface area contributed by atoms with E-state index in [0.717, 1.165) is 51.3 Å². The minimum atomic E-state index is -0.564. The topological polar surface area (TPSA) is 58.8 Å². The average molecular weight is 305 g/mol. The van der Waals surface area contributed by atoms with Crippen LogP contribution in [0.2, 0.25) is 0 Å². The molecule has 122 valence electrons. The molecule has 2 rings (SSSR count). The first-order chi connectivity index (χ1) is 10.6. The van der Waals surface area contributed by atoms with Gasteiger partial charge in [-0.3, -0.25) is 9.69 Å². The highest BCUT2D eigenvalue weighted by atomic mass is 16.5. The number of amides is 1. The van der Waals surface area contributed by atoms with Crippen LogP contribution in [-0.4, -0.2) is 62.1 Å². The van der Waals surface area contributed by atoms with Crippen LogP contribution in [0.25, 0.3) is 0 Å². The smallest absolute Gasteiger partial charge is 0.244 e. The normalized spacial score (nSPS) is 18.0. The number of benzene rings is 1. The van der Waals surface area contributed by atoms with E-state index in [-0.39, 0.29) is 5.91 Å². The molecule has 0 saturated carbocycles. The van der Waals surface area contributed by atoms with Crippen LogP contribution in [0, 0.1) is 6.92 Å². The Kier molecular flexibility index (Phi) is 6.36. The second-order valence-corrected chi connectivity index (χ2v) is 5.90. The lowest BCUT2D eigenvalue weighted by atomic mass is 10.0. The van der Waals surface area contributed by atoms with E-state index in [0.29, 0.717) is 0 Å². The van der Waals surface area contributed by atoms with Crippen molar-refractivity contribution in [2.45, 2.75) is 19.4 Å². The number of ether oxygens (including phenoxy) is 1. The Morgan fingerprint density at radius 1 is 1.23 bits per heavy atom. The summed E-state index contributed by atoms with van der Waals surface area (Å²) in [6.07, 6.45) is 0.982. The largest absolute Gasteiger partial charge is 0.383 e. The van der Waals surface area contributed by atoms with Crippen molar-refractivity contribution in [2.24, 2.45) is 5.73 Å². The van der Waals surface area contributed by atoms with Crippen molar-refractivity contribution in [3.8, 4) is 0 Å². The van der Waals surface area contributed by atoms with Gasteiger partial charge in [-0.1, -0.05) is 29.8 Å². The highest BCUT2D eigenvalue weighted by molar-refractivity contribution is 5.83. The van der Waals surface area contributed by atoms with Crippen molar-refractivity contribution in [1.29, 1.82) is 0 Å². The zero-order valence-electron chi connectivity index (χ0n) is 13.6. The Balaban J connectivity index is 1.93. The van der Waals surface area contributed by atoms with Gasteiger partial charge in [0.1, 0.15) is 6.04 Å². The standard InChI is InChI=1S/C17H27N3O2/c1-14-4-6-15(7-5-14)16(18)17(21)20-9-3-8-19(10-11-20)12-13-22-2/h4-7,16H,3,8-13,18H2,1-2H3. The molecule has 5 nitrogen and oxygen atoms in total. The van der Waals surface area contributed by atoms with Crippen LogP contribution >= 0.6 is 0 Å². The van der Waals surface area contributed by atoms with E-state index < -0.39 is 6.04 Å². The van der Waals surface area contributed by atoms with Gasteiger partial charge in [-0.15, -0.1) is 0 Å². The number of hydrogen-bond donors (Lipinski definition) is 1. The number of carbonyl (C=O) groups excluding carboxylic acids is 1. The molecule has 0 aliphatic carbocycles. The van der Waals surface area contributed by atoms with Crippen molar-refractivity contribution >= 4 is 5.91 Å². The molecule has 1 aliphatic heterocycles. The molecule has 2 N–H and O–H groups in total.